The number of hydrogen-bond donors (Lipinski definition) is 3. The largest absolute Gasteiger partial charge is 0.480 e. The summed E-state index contributed by atoms with van der Waals surface area (Å²) in [5.74, 6) is -3.24. The van der Waals surface area contributed by atoms with E-state index in [2.05, 4.69) is 5.32 Å². The third-order valence-corrected chi connectivity index (χ3v) is 2.53. The van der Waals surface area contributed by atoms with Crippen LogP contribution in [0.1, 0.15) is 18.4 Å². The maximum Gasteiger partial charge on any atom is 0.320 e. The summed E-state index contributed by atoms with van der Waals surface area (Å²) in [5.41, 5.74) is 5.07. The minimum atomic E-state index is -1.16. The number of primary amides is 1. The van der Waals surface area contributed by atoms with Crippen molar-refractivity contribution in [2.75, 3.05) is 0 Å². The summed E-state index contributed by atoms with van der Waals surface area (Å²) in [5, 5.41) is 11.5. The number of carbonyl (C=O) groups is 2. The minimum Gasteiger partial charge on any atom is -0.480 e. The molecular formula is C12H14F2N2O3. The predicted molar refractivity (Wildman–Crippen MR) is 63.0 cm³/mol. The molecule has 0 aliphatic heterocycles. The topological polar surface area (TPSA) is 92.4 Å². The third kappa shape index (κ3) is 5.01. The molecule has 104 valence electrons. The Balaban J connectivity index is 2.60. The van der Waals surface area contributed by atoms with Gasteiger partial charge in [-0.2, -0.15) is 0 Å². The van der Waals surface area contributed by atoms with E-state index in [4.69, 9.17) is 10.8 Å². The average molecular weight is 272 g/mol. The number of aliphatic carboxylic acids is 1. The summed E-state index contributed by atoms with van der Waals surface area (Å²) < 4.78 is 26.0. The van der Waals surface area contributed by atoms with E-state index in [1.165, 1.54) is 6.07 Å². The van der Waals surface area contributed by atoms with Crippen LogP contribution in [-0.2, 0) is 16.1 Å². The second kappa shape index (κ2) is 6.79. The van der Waals surface area contributed by atoms with Crippen molar-refractivity contribution in [3.63, 3.8) is 0 Å². The van der Waals surface area contributed by atoms with Crippen LogP contribution in [0.3, 0.4) is 0 Å². The van der Waals surface area contributed by atoms with Crippen molar-refractivity contribution < 1.29 is 23.5 Å². The summed E-state index contributed by atoms with van der Waals surface area (Å²) in [7, 11) is 0. The van der Waals surface area contributed by atoms with Gasteiger partial charge in [0.1, 0.15) is 17.7 Å². The van der Waals surface area contributed by atoms with Crippen LogP contribution < -0.4 is 11.1 Å². The van der Waals surface area contributed by atoms with Gasteiger partial charge in [0.25, 0.3) is 0 Å². The second-order valence-electron chi connectivity index (χ2n) is 4.01. The molecule has 1 aromatic rings. The van der Waals surface area contributed by atoms with Gasteiger partial charge in [0, 0.05) is 24.6 Å². The van der Waals surface area contributed by atoms with E-state index in [-0.39, 0.29) is 24.9 Å². The van der Waals surface area contributed by atoms with Crippen LogP contribution in [-0.4, -0.2) is 23.0 Å². The van der Waals surface area contributed by atoms with Gasteiger partial charge in [0.2, 0.25) is 5.91 Å². The van der Waals surface area contributed by atoms with Crippen LogP contribution in [0, 0.1) is 11.6 Å². The first-order valence-corrected chi connectivity index (χ1v) is 5.58. The van der Waals surface area contributed by atoms with Crippen molar-refractivity contribution in [3.8, 4) is 0 Å². The number of hydrogen-bond acceptors (Lipinski definition) is 3. The van der Waals surface area contributed by atoms with E-state index < -0.39 is 29.6 Å². The van der Waals surface area contributed by atoms with Gasteiger partial charge in [-0.05, 0) is 12.5 Å². The number of carbonyl (C=O) groups excluding carboxylic acids is 1. The molecule has 0 heterocycles. The molecule has 19 heavy (non-hydrogen) atoms. The van der Waals surface area contributed by atoms with Crippen molar-refractivity contribution in [1.29, 1.82) is 0 Å². The van der Waals surface area contributed by atoms with Gasteiger partial charge >= 0.3 is 5.97 Å². The fourth-order valence-electron chi connectivity index (χ4n) is 1.50. The predicted octanol–water partition coefficient (Wildman–Crippen LogP) is 0.773. The SMILES string of the molecule is NC(=O)CCC(NCc1ccc(F)cc1F)C(=O)O. The van der Waals surface area contributed by atoms with Gasteiger partial charge in [0.05, 0.1) is 0 Å². The highest BCUT2D eigenvalue weighted by Gasteiger charge is 2.18. The van der Waals surface area contributed by atoms with E-state index in [0.717, 1.165) is 12.1 Å². The monoisotopic (exact) mass is 272 g/mol. The molecule has 7 heteroatoms. The molecule has 0 saturated heterocycles. The maximum atomic E-state index is 13.3. The molecule has 0 bridgehead atoms. The Kier molecular flexibility index (Phi) is 5.37. The first kappa shape index (κ1) is 15.0. The lowest BCUT2D eigenvalue weighted by atomic mass is 10.1. The number of benzene rings is 1. The number of nitrogens with two attached hydrogens (primary N) is 1. The molecular weight excluding hydrogens is 258 g/mol. The molecule has 0 radical (unpaired) electrons. The fourth-order valence-corrected chi connectivity index (χ4v) is 1.50. The normalized spacial score (nSPS) is 12.1. The van der Waals surface area contributed by atoms with Gasteiger partial charge in [-0.25, -0.2) is 8.78 Å². The molecule has 0 saturated carbocycles. The van der Waals surface area contributed by atoms with Crippen molar-refractivity contribution in [1.82, 2.24) is 5.32 Å². The van der Waals surface area contributed by atoms with Gasteiger partial charge in [-0.3, -0.25) is 9.59 Å². The van der Waals surface area contributed by atoms with Gasteiger partial charge in [-0.1, -0.05) is 6.07 Å². The summed E-state index contributed by atoms with van der Waals surface area (Å²) in [6, 6.07) is 2.01. The molecule has 1 amide bonds. The quantitative estimate of drug-likeness (QED) is 0.683. The van der Waals surface area contributed by atoms with Crippen LogP contribution in [0.2, 0.25) is 0 Å². The molecule has 0 aliphatic carbocycles. The van der Waals surface area contributed by atoms with E-state index in [9.17, 15) is 18.4 Å². The van der Waals surface area contributed by atoms with Crippen molar-refractivity contribution in [2.24, 2.45) is 5.73 Å². The fraction of sp³-hybridized carbons (Fsp3) is 0.333. The first-order chi connectivity index (χ1) is 8.90. The average Bonchev–Trinajstić information content (AvgIpc) is 2.30. The molecule has 4 N–H and O–H groups in total. The van der Waals surface area contributed by atoms with Gasteiger partial charge < -0.3 is 16.2 Å². The zero-order chi connectivity index (χ0) is 14.4. The Morgan fingerprint density at radius 3 is 2.58 bits per heavy atom. The van der Waals surface area contributed by atoms with Crippen LogP contribution in [0.15, 0.2) is 18.2 Å². The number of carboxylic acid groups (broad SMARTS) is 1. The first-order valence-electron chi connectivity index (χ1n) is 5.58. The lowest BCUT2D eigenvalue weighted by molar-refractivity contribution is -0.139. The van der Waals surface area contributed by atoms with Crippen molar-refractivity contribution in [2.45, 2.75) is 25.4 Å². The standard InChI is InChI=1S/C12H14F2N2O3/c13-8-2-1-7(9(14)5-8)6-16-10(12(18)19)3-4-11(15)17/h1-2,5,10,16H,3-4,6H2,(H2,15,17)(H,18,19). The Labute approximate surface area is 108 Å². The van der Waals surface area contributed by atoms with E-state index in [1.54, 1.807) is 0 Å². The number of rotatable bonds is 7. The number of nitrogens with one attached hydrogen (secondary N) is 1. The molecule has 1 aromatic carbocycles. The maximum absolute atomic E-state index is 13.3. The lowest BCUT2D eigenvalue weighted by Crippen LogP contribution is -2.37. The van der Waals surface area contributed by atoms with E-state index >= 15 is 0 Å². The molecule has 5 nitrogen and oxygen atoms in total. The number of amides is 1. The van der Waals surface area contributed by atoms with Crippen LogP contribution in [0.25, 0.3) is 0 Å². The highest BCUT2D eigenvalue weighted by molar-refractivity contribution is 5.77. The Morgan fingerprint density at radius 2 is 2.05 bits per heavy atom. The summed E-state index contributed by atoms with van der Waals surface area (Å²) in [4.78, 5) is 21.5. The van der Waals surface area contributed by atoms with Crippen molar-refractivity contribution in [3.05, 3.63) is 35.4 Å². The van der Waals surface area contributed by atoms with Gasteiger partial charge in [0.15, 0.2) is 0 Å². The minimum absolute atomic E-state index is 0.00742. The Morgan fingerprint density at radius 1 is 1.37 bits per heavy atom. The highest BCUT2D eigenvalue weighted by Crippen LogP contribution is 2.10. The smallest absolute Gasteiger partial charge is 0.320 e. The zero-order valence-electron chi connectivity index (χ0n) is 10.0. The molecule has 1 unspecified atom stereocenters. The number of halogens is 2. The summed E-state index contributed by atoms with van der Waals surface area (Å²) in [6.07, 6.45) is -0.0800. The molecule has 0 aliphatic rings. The molecule has 1 rings (SSSR count). The third-order valence-electron chi connectivity index (χ3n) is 2.53. The summed E-state index contributed by atoms with van der Waals surface area (Å²) in [6.45, 7) is -0.0815. The summed E-state index contributed by atoms with van der Waals surface area (Å²) >= 11 is 0. The number of carboxylic acids is 1. The second-order valence-corrected chi connectivity index (χ2v) is 4.01. The molecule has 1 atom stereocenters. The van der Waals surface area contributed by atoms with Crippen molar-refractivity contribution >= 4 is 11.9 Å². The molecule has 0 aromatic heterocycles. The Hall–Kier alpha value is -2.02. The zero-order valence-corrected chi connectivity index (χ0v) is 10.0. The lowest BCUT2D eigenvalue weighted by Gasteiger charge is -2.14. The highest BCUT2D eigenvalue weighted by atomic mass is 19.1. The molecule has 0 spiro atoms. The van der Waals surface area contributed by atoms with Crippen LogP contribution in [0.5, 0.6) is 0 Å². The van der Waals surface area contributed by atoms with Gasteiger partial charge in [-0.15, -0.1) is 0 Å². The van der Waals surface area contributed by atoms with Crippen LogP contribution >= 0.6 is 0 Å². The van der Waals surface area contributed by atoms with E-state index in [1.807, 2.05) is 0 Å². The van der Waals surface area contributed by atoms with Crippen LogP contribution in [0.4, 0.5) is 8.78 Å². The molecule has 0 fully saturated rings. The van der Waals surface area contributed by atoms with E-state index in [0.29, 0.717) is 0 Å². The Bertz CT molecular complexity index is 480.